The first kappa shape index (κ1) is 21.3. The summed E-state index contributed by atoms with van der Waals surface area (Å²) in [5.41, 5.74) is 2.40. The number of carbonyl (C=O) groups excluding carboxylic acids is 1. The van der Waals surface area contributed by atoms with Gasteiger partial charge in [0.1, 0.15) is 11.5 Å². The van der Waals surface area contributed by atoms with Crippen molar-refractivity contribution in [3.8, 4) is 28.7 Å². The van der Waals surface area contributed by atoms with Crippen molar-refractivity contribution in [2.75, 3.05) is 35.5 Å². The Morgan fingerprint density at radius 1 is 0.867 bits per heavy atom. The van der Waals surface area contributed by atoms with Crippen LogP contribution < -0.4 is 23.7 Å². The van der Waals surface area contributed by atoms with Gasteiger partial charge in [-0.3, -0.25) is 4.79 Å². The van der Waals surface area contributed by atoms with Gasteiger partial charge < -0.3 is 23.7 Å². The van der Waals surface area contributed by atoms with Crippen LogP contribution in [0.3, 0.4) is 0 Å². The van der Waals surface area contributed by atoms with E-state index in [1.54, 1.807) is 41.6 Å². The van der Waals surface area contributed by atoms with Crippen LogP contribution >= 0.6 is 0 Å². The van der Waals surface area contributed by atoms with Gasteiger partial charge in [0.2, 0.25) is 11.7 Å². The maximum atomic E-state index is 12.4. The van der Waals surface area contributed by atoms with E-state index in [9.17, 15) is 4.79 Å². The highest BCUT2D eigenvalue weighted by Crippen LogP contribution is 2.43. The lowest BCUT2D eigenvalue weighted by Gasteiger charge is -2.22. The molecule has 0 aliphatic carbocycles. The van der Waals surface area contributed by atoms with Gasteiger partial charge in [0, 0.05) is 25.0 Å². The molecule has 8 heteroatoms. The zero-order valence-corrected chi connectivity index (χ0v) is 18.0. The van der Waals surface area contributed by atoms with Gasteiger partial charge in [0.05, 0.1) is 47.3 Å². The minimum atomic E-state index is -0.316. The largest absolute Gasteiger partial charge is 0.497 e. The number of hydrogen-bond acceptors (Lipinski definition) is 7. The smallest absolute Gasteiger partial charge is 0.240 e. The number of methoxy groups -OCH3 is 5. The van der Waals surface area contributed by atoms with Gasteiger partial charge >= 0.3 is 0 Å². The summed E-state index contributed by atoms with van der Waals surface area (Å²) in [7, 11) is 7.85. The molecule has 0 radical (unpaired) electrons. The minimum absolute atomic E-state index is 0.168. The molecule has 1 heterocycles. The highest BCUT2D eigenvalue weighted by atomic mass is 16.5. The van der Waals surface area contributed by atoms with E-state index in [0.29, 0.717) is 35.2 Å². The Morgan fingerprint density at radius 2 is 1.43 bits per heavy atom. The highest BCUT2D eigenvalue weighted by molar-refractivity contribution is 6.03. The molecule has 30 heavy (non-hydrogen) atoms. The number of hydrazone groups is 1. The molecule has 1 amide bonds. The third-order valence-electron chi connectivity index (χ3n) is 4.99. The summed E-state index contributed by atoms with van der Waals surface area (Å²) in [4.78, 5) is 12.4. The zero-order valence-electron chi connectivity index (χ0n) is 18.0. The molecule has 0 spiro atoms. The van der Waals surface area contributed by atoms with Crippen molar-refractivity contribution >= 4 is 11.6 Å². The third kappa shape index (κ3) is 3.98. The first-order valence-corrected chi connectivity index (χ1v) is 9.36. The Morgan fingerprint density at radius 3 is 1.87 bits per heavy atom. The average Bonchev–Trinajstić information content (AvgIpc) is 3.23. The number of rotatable bonds is 7. The average molecular weight is 414 g/mol. The summed E-state index contributed by atoms with van der Waals surface area (Å²) in [5.74, 6) is 2.67. The van der Waals surface area contributed by atoms with E-state index in [4.69, 9.17) is 23.7 Å². The highest BCUT2D eigenvalue weighted by Gasteiger charge is 2.33. The predicted octanol–water partition coefficient (Wildman–Crippen LogP) is 3.43. The van der Waals surface area contributed by atoms with Crippen LogP contribution in [-0.4, -0.2) is 52.2 Å². The molecule has 2 aromatic carbocycles. The van der Waals surface area contributed by atoms with Gasteiger partial charge in [-0.15, -0.1) is 0 Å². The quantitative estimate of drug-likeness (QED) is 0.691. The van der Waals surface area contributed by atoms with Crippen LogP contribution in [0.4, 0.5) is 0 Å². The number of benzene rings is 2. The first-order chi connectivity index (χ1) is 14.4. The fourth-order valence-corrected chi connectivity index (χ4v) is 3.50. The Balaban J connectivity index is 2.04. The Labute approximate surface area is 175 Å². The lowest BCUT2D eigenvalue weighted by molar-refractivity contribution is -0.130. The number of nitrogens with zero attached hydrogens (tertiary/aromatic N) is 2. The van der Waals surface area contributed by atoms with E-state index in [2.05, 4.69) is 5.10 Å². The SMILES string of the molecule is COc1cc(OC)cc(C2=NN(C(C)=O)[C@@H](c3cc(OC)c(OC)c(OC)c3)C2)c1. The van der Waals surface area contributed by atoms with Crippen molar-refractivity contribution < 1.29 is 28.5 Å². The van der Waals surface area contributed by atoms with Gasteiger partial charge in [-0.25, -0.2) is 5.01 Å². The molecule has 0 bridgehead atoms. The minimum Gasteiger partial charge on any atom is -0.497 e. The van der Waals surface area contributed by atoms with E-state index in [-0.39, 0.29) is 11.9 Å². The fourth-order valence-electron chi connectivity index (χ4n) is 3.50. The van der Waals surface area contributed by atoms with E-state index >= 15 is 0 Å². The van der Waals surface area contributed by atoms with Gasteiger partial charge in [0.15, 0.2) is 11.5 Å². The van der Waals surface area contributed by atoms with E-state index in [1.807, 2.05) is 24.3 Å². The molecule has 0 saturated carbocycles. The number of hydrogen-bond donors (Lipinski definition) is 0. The van der Waals surface area contributed by atoms with Crippen molar-refractivity contribution in [2.45, 2.75) is 19.4 Å². The predicted molar refractivity (Wildman–Crippen MR) is 112 cm³/mol. The molecular formula is C22H26N2O6. The Kier molecular flexibility index (Phi) is 6.34. The Hall–Kier alpha value is -3.42. The van der Waals surface area contributed by atoms with Crippen molar-refractivity contribution in [1.29, 1.82) is 0 Å². The summed E-state index contributed by atoms with van der Waals surface area (Å²) in [6, 6.07) is 8.90. The zero-order chi connectivity index (χ0) is 21.8. The molecule has 160 valence electrons. The van der Waals surface area contributed by atoms with Crippen LogP contribution in [0.5, 0.6) is 28.7 Å². The molecule has 1 atom stereocenters. The van der Waals surface area contributed by atoms with Gasteiger partial charge in [0.25, 0.3) is 0 Å². The molecule has 0 saturated heterocycles. The third-order valence-corrected chi connectivity index (χ3v) is 4.99. The monoisotopic (exact) mass is 414 g/mol. The van der Waals surface area contributed by atoms with Crippen LogP contribution in [0.25, 0.3) is 0 Å². The summed E-state index contributed by atoms with van der Waals surface area (Å²) in [5, 5.41) is 6.07. The molecule has 2 aromatic rings. The van der Waals surface area contributed by atoms with Crippen LogP contribution in [0, 0.1) is 0 Å². The second-order valence-corrected chi connectivity index (χ2v) is 6.69. The second-order valence-electron chi connectivity index (χ2n) is 6.69. The number of carbonyl (C=O) groups is 1. The molecule has 0 N–H and O–H groups in total. The maximum Gasteiger partial charge on any atom is 0.240 e. The molecule has 0 fully saturated rings. The summed E-state index contributed by atoms with van der Waals surface area (Å²) < 4.78 is 27.1. The molecule has 8 nitrogen and oxygen atoms in total. The lowest BCUT2D eigenvalue weighted by Crippen LogP contribution is -2.24. The molecule has 3 rings (SSSR count). The number of ether oxygens (including phenoxy) is 5. The van der Waals surface area contributed by atoms with Gasteiger partial charge in [-0.1, -0.05) is 0 Å². The summed E-state index contributed by atoms with van der Waals surface area (Å²) in [6.07, 6.45) is 0.508. The van der Waals surface area contributed by atoms with E-state index in [1.165, 1.54) is 11.9 Å². The van der Waals surface area contributed by atoms with Crippen molar-refractivity contribution in [2.24, 2.45) is 5.10 Å². The summed E-state index contributed by atoms with van der Waals surface area (Å²) >= 11 is 0. The van der Waals surface area contributed by atoms with Gasteiger partial charge in [-0.05, 0) is 29.8 Å². The Bertz CT molecular complexity index is 925. The second kappa shape index (κ2) is 8.94. The first-order valence-electron chi connectivity index (χ1n) is 9.36. The molecule has 1 aliphatic rings. The normalized spacial score (nSPS) is 15.5. The molecule has 0 unspecified atom stereocenters. The van der Waals surface area contributed by atoms with Crippen LogP contribution in [-0.2, 0) is 4.79 Å². The van der Waals surface area contributed by atoms with Crippen LogP contribution in [0.1, 0.15) is 30.5 Å². The van der Waals surface area contributed by atoms with Crippen LogP contribution in [0.2, 0.25) is 0 Å². The van der Waals surface area contributed by atoms with Crippen molar-refractivity contribution in [1.82, 2.24) is 5.01 Å². The molecular weight excluding hydrogens is 388 g/mol. The topological polar surface area (TPSA) is 78.8 Å². The fraction of sp³-hybridized carbons (Fsp3) is 0.364. The lowest BCUT2D eigenvalue weighted by atomic mass is 9.97. The standard InChI is InChI=1S/C22H26N2O6/c1-13(25)24-19(15-9-20(28-4)22(30-6)21(10-15)29-5)12-18(23-24)14-7-16(26-2)11-17(8-14)27-3/h7-11,19H,12H2,1-6H3/t19-/m1/s1. The van der Waals surface area contributed by atoms with Crippen molar-refractivity contribution in [3.05, 3.63) is 41.5 Å². The summed E-state index contributed by atoms with van der Waals surface area (Å²) in [6.45, 7) is 1.49. The number of amides is 1. The van der Waals surface area contributed by atoms with Gasteiger partial charge in [-0.2, -0.15) is 5.10 Å². The molecule has 0 aromatic heterocycles. The van der Waals surface area contributed by atoms with E-state index < -0.39 is 0 Å². The molecule has 1 aliphatic heterocycles. The van der Waals surface area contributed by atoms with E-state index in [0.717, 1.165) is 16.8 Å². The maximum absolute atomic E-state index is 12.4. The van der Waals surface area contributed by atoms with Crippen molar-refractivity contribution in [3.63, 3.8) is 0 Å². The van der Waals surface area contributed by atoms with Crippen LogP contribution in [0.15, 0.2) is 35.4 Å².